The number of ketones is 2. The van der Waals surface area contributed by atoms with Crippen LogP contribution < -0.4 is 31.8 Å². The van der Waals surface area contributed by atoms with E-state index in [1.165, 1.54) is 44.6 Å². The van der Waals surface area contributed by atoms with Gasteiger partial charge in [-0.25, -0.2) is 0 Å². The van der Waals surface area contributed by atoms with Gasteiger partial charge in [0.05, 0.1) is 36.1 Å². The van der Waals surface area contributed by atoms with Crippen molar-refractivity contribution in [3.05, 3.63) is 98.8 Å². The number of anilines is 4. The Morgan fingerprint density at radius 2 is 1.11 bits per heavy atom. The first-order valence-electron chi connectivity index (χ1n) is 15.5. The summed E-state index contributed by atoms with van der Waals surface area (Å²) in [6.45, 7) is 0. The highest BCUT2D eigenvalue weighted by atomic mass is 32.2. The van der Waals surface area contributed by atoms with Crippen molar-refractivity contribution in [3.8, 4) is 22.6 Å². The summed E-state index contributed by atoms with van der Waals surface area (Å²) in [5, 5.41) is 7.93. The van der Waals surface area contributed by atoms with Crippen molar-refractivity contribution >= 4 is 88.2 Å². The van der Waals surface area contributed by atoms with E-state index >= 15 is 0 Å². The molecule has 0 atom stereocenters. The molecule has 2 aliphatic carbocycles. The highest BCUT2D eigenvalue weighted by Gasteiger charge is 2.36. The molecular formula is C34H28N6O13S3. The summed E-state index contributed by atoms with van der Waals surface area (Å²) in [6, 6.07) is 15.2. The second-order valence-electron chi connectivity index (χ2n) is 11.9. The third kappa shape index (κ3) is 7.59. The SMILES string of the molecule is COc1cc(-c2ccc(N/N=C3\C(=O)c4ccc(N)cc4C=C3S(=O)(=O)O)c(OC)c2)ccc1N/N=C1/C(=O)c2c(N)cc(S(=O)(=O)O)cc2C=C1S(=O)(=O)O. The minimum absolute atomic E-state index is 0.111. The van der Waals surface area contributed by atoms with E-state index in [-0.39, 0.29) is 50.8 Å². The highest BCUT2D eigenvalue weighted by molar-refractivity contribution is 7.91. The number of hydrazone groups is 2. The maximum absolute atomic E-state index is 13.4. The van der Waals surface area contributed by atoms with E-state index in [0.717, 1.165) is 24.3 Å². The smallest absolute Gasteiger partial charge is 0.296 e. The predicted octanol–water partition coefficient (Wildman–Crippen LogP) is 3.57. The van der Waals surface area contributed by atoms with Gasteiger partial charge >= 0.3 is 0 Å². The van der Waals surface area contributed by atoms with E-state index in [1.54, 1.807) is 24.3 Å². The van der Waals surface area contributed by atoms with Crippen LogP contribution in [0.3, 0.4) is 0 Å². The molecule has 0 aromatic heterocycles. The molecule has 0 amide bonds. The molecule has 2 aliphatic rings. The number of nitrogens with one attached hydrogen (secondary N) is 2. The first kappa shape index (κ1) is 39.3. The van der Waals surface area contributed by atoms with Crippen molar-refractivity contribution in [2.75, 3.05) is 36.5 Å². The predicted molar refractivity (Wildman–Crippen MR) is 206 cm³/mol. The lowest BCUT2D eigenvalue weighted by atomic mass is 9.93. The van der Waals surface area contributed by atoms with Crippen LogP contribution in [-0.4, -0.2) is 76.1 Å². The van der Waals surface area contributed by atoms with Crippen molar-refractivity contribution in [2.45, 2.75) is 4.90 Å². The van der Waals surface area contributed by atoms with E-state index in [4.69, 9.17) is 20.9 Å². The normalized spacial score (nSPS) is 15.8. The van der Waals surface area contributed by atoms with Gasteiger partial charge in [-0.3, -0.25) is 34.1 Å². The summed E-state index contributed by atoms with van der Waals surface area (Å²) < 4.78 is 113. The van der Waals surface area contributed by atoms with Crippen LogP contribution >= 0.6 is 0 Å². The summed E-state index contributed by atoms with van der Waals surface area (Å²) in [7, 11) is -12.1. The van der Waals surface area contributed by atoms with Gasteiger partial charge in [0.1, 0.15) is 21.3 Å². The largest absolute Gasteiger partial charge is 0.494 e. The van der Waals surface area contributed by atoms with E-state index < -0.39 is 73.7 Å². The number of rotatable bonds is 10. The first-order chi connectivity index (χ1) is 26.2. The second-order valence-corrected chi connectivity index (χ2v) is 16.1. The molecule has 0 unspecified atom stereocenters. The Labute approximate surface area is 318 Å². The quantitative estimate of drug-likeness (QED) is 0.0683. The fourth-order valence-electron chi connectivity index (χ4n) is 5.74. The van der Waals surface area contributed by atoms with E-state index in [2.05, 4.69) is 21.1 Å². The van der Waals surface area contributed by atoms with Crippen LogP contribution in [0.15, 0.2) is 91.6 Å². The number of allylic oxidation sites excluding steroid dienone is 2. The Hall–Kier alpha value is -6.43. The topological polar surface area (TPSA) is 317 Å². The van der Waals surface area contributed by atoms with Crippen LogP contribution in [0.25, 0.3) is 23.3 Å². The van der Waals surface area contributed by atoms with Gasteiger partial charge in [0.2, 0.25) is 11.6 Å². The summed E-state index contributed by atoms with van der Waals surface area (Å²) in [6.07, 6.45) is 1.86. The Morgan fingerprint density at radius 1 is 0.607 bits per heavy atom. The molecule has 0 saturated carbocycles. The molecule has 0 bridgehead atoms. The third-order valence-corrected chi connectivity index (χ3v) is 10.9. The van der Waals surface area contributed by atoms with Crippen molar-refractivity contribution in [3.63, 3.8) is 0 Å². The fourth-order valence-corrected chi connectivity index (χ4v) is 7.61. The molecule has 4 aromatic carbocycles. The Kier molecular flexibility index (Phi) is 10.1. The Bertz CT molecular complexity index is 2870. The Balaban J connectivity index is 1.30. The maximum Gasteiger partial charge on any atom is 0.296 e. The number of nitrogens with two attached hydrogens (primary N) is 2. The van der Waals surface area contributed by atoms with Crippen molar-refractivity contribution in [2.24, 2.45) is 10.2 Å². The number of fused-ring (bicyclic) bond motifs is 2. The number of benzene rings is 4. The number of ether oxygens (including phenoxy) is 2. The number of hydrogen-bond acceptors (Lipinski definition) is 16. The van der Waals surface area contributed by atoms with E-state index in [9.17, 15) is 48.5 Å². The molecule has 0 spiro atoms. The summed E-state index contributed by atoms with van der Waals surface area (Å²) in [5.74, 6) is -1.54. The Morgan fingerprint density at radius 3 is 1.59 bits per heavy atom. The first-order valence-corrected chi connectivity index (χ1v) is 19.9. The summed E-state index contributed by atoms with van der Waals surface area (Å²) in [5.41, 5.74) is 16.4. The maximum atomic E-state index is 13.4. The molecule has 290 valence electrons. The number of carbonyl (C=O) groups is 2. The van der Waals surface area contributed by atoms with Crippen LogP contribution in [0.5, 0.6) is 11.5 Å². The van der Waals surface area contributed by atoms with Crippen LogP contribution in [-0.2, 0) is 30.4 Å². The number of Topliss-reactive ketones (excluding diaryl/α,β-unsaturated/α-hetero) is 2. The molecule has 9 N–H and O–H groups in total. The number of methoxy groups -OCH3 is 2. The van der Waals surface area contributed by atoms with Crippen molar-refractivity contribution in [1.82, 2.24) is 0 Å². The molecule has 0 saturated heterocycles. The van der Waals surface area contributed by atoms with E-state index in [0.29, 0.717) is 11.1 Å². The minimum Gasteiger partial charge on any atom is -0.494 e. The number of nitrogens with zero attached hydrogens (tertiary/aromatic N) is 2. The van der Waals surface area contributed by atoms with Gasteiger partial charge in [-0.1, -0.05) is 12.1 Å². The summed E-state index contributed by atoms with van der Waals surface area (Å²) in [4.78, 5) is 24.2. The summed E-state index contributed by atoms with van der Waals surface area (Å²) >= 11 is 0. The molecular weight excluding hydrogens is 797 g/mol. The van der Waals surface area contributed by atoms with Gasteiger partial charge in [-0.05, 0) is 89.0 Å². The van der Waals surface area contributed by atoms with Gasteiger partial charge in [0.25, 0.3) is 30.4 Å². The monoisotopic (exact) mass is 824 g/mol. The van der Waals surface area contributed by atoms with Gasteiger partial charge in [-0.2, -0.15) is 35.5 Å². The van der Waals surface area contributed by atoms with Crippen LogP contribution in [0.1, 0.15) is 31.8 Å². The van der Waals surface area contributed by atoms with Gasteiger partial charge in [-0.15, -0.1) is 0 Å². The molecule has 19 nitrogen and oxygen atoms in total. The highest BCUT2D eigenvalue weighted by Crippen LogP contribution is 2.37. The zero-order chi connectivity index (χ0) is 40.9. The fraction of sp³-hybridized carbons (Fsp3) is 0.0588. The number of carbonyl (C=O) groups excluding carboxylic acids is 2. The lowest BCUT2D eigenvalue weighted by Crippen LogP contribution is -2.28. The van der Waals surface area contributed by atoms with Crippen molar-refractivity contribution in [1.29, 1.82) is 0 Å². The van der Waals surface area contributed by atoms with Gasteiger partial charge in [0.15, 0.2) is 11.4 Å². The second kappa shape index (κ2) is 14.3. The molecule has 0 radical (unpaired) electrons. The standard InChI is InChI=1S/C34H28N6O13S3/c1-52-26-11-16(3-7-24(26)37-39-31-28(55(46,47)48)13-18-9-20(35)5-6-22(18)33(31)41)17-4-8-25(27(12-17)53-2)38-40-32-29(56(49,50)51)14-19-10-21(54(43,44)45)15-23(36)30(19)34(32)42/h3-15,37-38H,35-36H2,1-2H3,(H,43,44,45)(H,46,47,48)(H,49,50,51)/b39-31-,40-32+. The van der Waals surface area contributed by atoms with Crippen LogP contribution in [0.4, 0.5) is 22.7 Å². The number of hydrogen-bond donors (Lipinski definition) is 7. The number of nitrogen functional groups attached to an aromatic ring is 2. The van der Waals surface area contributed by atoms with Crippen LogP contribution in [0, 0.1) is 0 Å². The lowest BCUT2D eigenvalue weighted by molar-refractivity contribution is 0.105. The molecule has 6 rings (SSSR count). The molecule has 56 heavy (non-hydrogen) atoms. The van der Waals surface area contributed by atoms with E-state index in [1.807, 2.05) is 0 Å². The average molecular weight is 825 g/mol. The zero-order valence-electron chi connectivity index (χ0n) is 28.7. The third-order valence-electron chi connectivity index (χ3n) is 8.36. The molecule has 22 heteroatoms. The van der Waals surface area contributed by atoms with Gasteiger partial charge < -0.3 is 20.9 Å². The zero-order valence-corrected chi connectivity index (χ0v) is 31.2. The van der Waals surface area contributed by atoms with Crippen molar-refractivity contribution < 1.29 is 58.0 Å². The molecule has 0 aliphatic heterocycles. The van der Waals surface area contributed by atoms with Gasteiger partial charge in [0, 0.05) is 16.9 Å². The lowest BCUT2D eigenvalue weighted by Gasteiger charge is -2.19. The minimum atomic E-state index is -5.12. The molecule has 4 aromatic rings. The average Bonchev–Trinajstić information content (AvgIpc) is 3.12. The van der Waals surface area contributed by atoms with Crippen LogP contribution in [0.2, 0.25) is 0 Å². The molecule has 0 fully saturated rings. The molecule has 0 heterocycles.